The lowest BCUT2D eigenvalue weighted by atomic mass is 9.94. The van der Waals surface area contributed by atoms with Crippen molar-refractivity contribution in [2.24, 2.45) is 0 Å². The van der Waals surface area contributed by atoms with Crippen molar-refractivity contribution in [2.45, 2.75) is 6.92 Å². The molecule has 32 heavy (non-hydrogen) atoms. The van der Waals surface area contributed by atoms with Gasteiger partial charge in [-0.05, 0) is 48.9 Å². The molecule has 0 saturated carbocycles. The molecule has 0 saturated heterocycles. The Hall–Kier alpha value is -4.12. The summed E-state index contributed by atoms with van der Waals surface area (Å²) in [7, 11) is 1.53. The summed E-state index contributed by atoms with van der Waals surface area (Å²) in [6, 6.07) is 16.7. The molecule has 0 spiro atoms. The number of methoxy groups -OCH3 is 1. The second-order valence-electron chi connectivity index (χ2n) is 7.56. The fourth-order valence-corrected chi connectivity index (χ4v) is 4.03. The van der Waals surface area contributed by atoms with Gasteiger partial charge in [0.25, 0.3) is 0 Å². The molecule has 0 aliphatic carbocycles. The molecule has 2 heterocycles. The fraction of sp³-hybridized carbons (Fsp3) is 0.0741. The summed E-state index contributed by atoms with van der Waals surface area (Å²) in [4.78, 5) is 13.5. The lowest BCUT2D eigenvalue weighted by Gasteiger charge is -2.19. The first-order valence-corrected chi connectivity index (χ1v) is 10.1. The maximum absolute atomic E-state index is 15.0. The van der Waals surface area contributed by atoms with E-state index in [1.165, 1.54) is 13.2 Å². The molecular weight excluding hydrogens is 407 g/mol. The lowest BCUT2D eigenvalue weighted by molar-refractivity contribution is 0.101. The number of carbonyl (C=O) groups excluding carboxylic acids is 1. The molecule has 0 atom stereocenters. The first kappa shape index (κ1) is 19.8. The van der Waals surface area contributed by atoms with Gasteiger partial charge in [0.1, 0.15) is 28.7 Å². The number of furan rings is 1. The molecule has 1 aromatic heterocycles. The topological polar surface area (TPSA) is 48.7 Å². The maximum atomic E-state index is 15.0. The Morgan fingerprint density at radius 3 is 2.62 bits per heavy atom. The van der Waals surface area contributed by atoms with E-state index < -0.39 is 5.82 Å². The monoisotopic (exact) mass is 426 g/mol. The summed E-state index contributed by atoms with van der Waals surface area (Å²) in [6.45, 7) is 5.86. The van der Waals surface area contributed by atoms with E-state index in [1.807, 2.05) is 19.1 Å². The van der Waals surface area contributed by atoms with Crippen LogP contribution in [0.5, 0.6) is 11.5 Å². The van der Waals surface area contributed by atoms with Crippen molar-refractivity contribution < 1.29 is 23.1 Å². The molecular formula is C27H19FO4. The van der Waals surface area contributed by atoms with Gasteiger partial charge in [0, 0.05) is 22.3 Å². The number of carbonyl (C=O) groups is 1. The molecule has 0 amide bonds. The van der Waals surface area contributed by atoms with E-state index in [2.05, 4.69) is 6.58 Å². The van der Waals surface area contributed by atoms with E-state index in [0.29, 0.717) is 39.4 Å². The van der Waals surface area contributed by atoms with Gasteiger partial charge in [-0.25, -0.2) is 4.39 Å². The SMILES string of the molecule is C=C1C=C(C)c2ccc3oc(C(=O)c4cccc(OC)c4)c(-c4ccccc4F)c3c2O1. The lowest BCUT2D eigenvalue weighted by Crippen LogP contribution is -2.04. The van der Waals surface area contributed by atoms with Crippen LogP contribution in [0.4, 0.5) is 4.39 Å². The number of rotatable bonds is 4. The molecule has 0 unspecified atom stereocenters. The Kier molecular flexibility index (Phi) is 4.67. The van der Waals surface area contributed by atoms with E-state index in [0.717, 1.165) is 11.1 Å². The fourth-order valence-electron chi connectivity index (χ4n) is 4.03. The molecule has 1 aliphatic heterocycles. The van der Waals surface area contributed by atoms with Crippen molar-refractivity contribution >= 4 is 22.3 Å². The van der Waals surface area contributed by atoms with Crippen LogP contribution in [0.1, 0.15) is 28.6 Å². The molecule has 0 N–H and O–H groups in total. The normalized spacial score (nSPS) is 12.8. The minimum atomic E-state index is -0.464. The molecule has 4 nitrogen and oxygen atoms in total. The van der Waals surface area contributed by atoms with Gasteiger partial charge in [-0.1, -0.05) is 36.9 Å². The summed E-state index contributed by atoms with van der Waals surface area (Å²) in [5.41, 5.74) is 3.20. The number of ketones is 1. The number of hydrogen-bond acceptors (Lipinski definition) is 4. The largest absolute Gasteiger partial charge is 0.497 e. The highest BCUT2D eigenvalue weighted by Crippen LogP contribution is 2.47. The Labute approximate surface area is 184 Å². The van der Waals surface area contributed by atoms with Crippen molar-refractivity contribution in [2.75, 3.05) is 7.11 Å². The third-order valence-electron chi connectivity index (χ3n) is 5.53. The number of halogens is 1. The molecule has 5 heteroatoms. The zero-order chi connectivity index (χ0) is 22.4. The summed E-state index contributed by atoms with van der Waals surface area (Å²) >= 11 is 0. The van der Waals surface area contributed by atoms with Gasteiger partial charge in [-0.3, -0.25) is 4.79 Å². The van der Waals surface area contributed by atoms with Crippen molar-refractivity contribution in [3.05, 3.63) is 102 Å². The highest BCUT2D eigenvalue weighted by atomic mass is 19.1. The molecule has 3 aromatic carbocycles. The number of allylic oxidation sites excluding steroid dienone is 2. The van der Waals surface area contributed by atoms with Crippen molar-refractivity contribution in [3.63, 3.8) is 0 Å². The van der Waals surface area contributed by atoms with Crippen LogP contribution in [0.3, 0.4) is 0 Å². The third kappa shape index (κ3) is 3.10. The Bertz CT molecular complexity index is 1440. The first-order chi connectivity index (χ1) is 15.5. The van der Waals surface area contributed by atoms with Crippen LogP contribution in [0.15, 0.2) is 83.5 Å². The van der Waals surface area contributed by atoms with Crippen LogP contribution in [0.25, 0.3) is 27.7 Å². The number of ether oxygens (including phenoxy) is 2. The van der Waals surface area contributed by atoms with Gasteiger partial charge in [-0.15, -0.1) is 0 Å². The second kappa shape index (κ2) is 7.54. The predicted octanol–water partition coefficient (Wildman–Crippen LogP) is 6.79. The molecule has 5 rings (SSSR count). The second-order valence-corrected chi connectivity index (χ2v) is 7.56. The zero-order valence-corrected chi connectivity index (χ0v) is 17.6. The molecule has 1 aliphatic rings. The van der Waals surface area contributed by atoms with Crippen LogP contribution in [-0.4, -0.2) is 12.9 Å². The van der Waals surface area contributed by atoms with E-state index in [-0.39, 0.29) is 17.1 Å². The number of hydrogen-bond donors (Lipinski definition) is 0. The summed E-state index contributed by atoms with van der Waals surface area (Å²) < 4.78 is 32.3. The van der Waals surface area contributed by atoms with E-state index >= 15 is 0 Å². The molecule has 158 valence electrons. The summed E-state index contributed by atoms with van der Waals surface area (Å²) in [5, 5.41) is 0.535. The van der Waals surface area contributed by atoms with Crippen molar-refractivity contribution in [3.8, 4) is 22.6 Å². The minimum Gasteiger partial charge on any atom is -0.497 e. The molecule has 0 radical (unpaired) electrons. The quantitative estimate of drug-likeness (QED) is 0.337. The van der Waals surface area contributed by atoms with E-state index in [1.54, 1.807) is 48.5 Å². The van der Waals surface area contributed by atoms with E-state index in [4.69, 9.17) is 13.9 Å². The predicted molar refractivity (Wildman–Crippen MR) is 121 cm³/mol. The first-order valence-electron chi connectivity index (χ1n) is 10.1. The zero-order valence-electron chi connectivity index (χ0n) is 17.6. The summed E-state index contributed by atoms with van der Waals surface area (Å²) in [5.74, 6) is 0.691. The number of fused-ring (bicyclic) bond motifs is 3. The van der Waals surface area contributed by atoms with Crippen LogP contribution in [0, 0.1) is 5.82 Å². The molecule has 4 aromatic rings. The van der Waals surface area contributed by atoms with Gasteiger partial charge in [0.05, 0.1) is 12.5 Å². The Balaban J connectivity index is 1.84. The highest BCUT2D eigenvalue weighted by molar-refractivity contribution is 6.17. The van der Waals surface area contributed by atoms with Gasteiger partial charge < -0.3 is 13.9 Å². The Morgan fingerprint density at radius 1 is 1.03 bits per heavy atom. The van der Waals surface area contributed by atoms with Crippen LogP contribution in [0.2, 0.25) is 0 Å². The van der Waals surface area contributed by atoms with Crippen LogP contribution >= 0.6 is 0 Å². The summed E-state index contributed by atoms with van der Waals surface area (Å²) in [6.07, 6.45) is 1.83. The maximum Gasteiger partial charge on any atom is 0.229 e. The van der Waals surface area contributed by atoms with Crippen LogP contribution < -0.4 is 9.47 Å². The Morgan fingerprint density at radius 2 is 1.84 bits per heavy atom. The molecule has 0 bridgehead atoms. The smallest absolute Gasteiger partial charge is 0.229 e. The third-order valence-corrected chi connectivity index (χ3v) is 5.53. The average Bonchev–Trinajstić information content (AvgIpc) is 3.18. The van der Waals surface area contributed by atoms with Crippen molar-refractivity contribution in [1.29, 1.82) is 0 Å². The van der Waals surface area contributed by atoms with Gasteiger partial charge in [-0.2, -0.15) is 0 Å². The van der Waals surface area contributed by atoms with Crippen LogP contribution in [-0.2, 0) is 0 Å². The average molecular weight is 426 g/mol. The minimum absolute atomic E-state index is 0.0353. The van der Waals surface area contributed by atoms with Gasteiger partial charge in [0.2, 0.25) is 5.78 Å². The standard InChI is InChI=1S/C27H19FO4/c1-15-13-16(2)31-26-19(15)11-12-22-24(26)23(20-9-4-5-10-21(20)28)27(32-22)25(29)17-7-6-8-18(14-17)30-3/h4-14H,2H2,1,3H3. The van der Waals surface area contributed by atoms with Gasteiger partial charge >= 0.3 is 0 Å². The highest BCUT2D eigenvalue weighted by Gasteiger charge is 2.29. The van der Waals surface area contributed by atoms with Gasteiger partial charge in [0.15, 0.2) is 5.76 Å². The van der Waals surface area contributed by atoms with E-state index in [9.17, 15) is 9.18 Å². The van der Waals surface area contributed by atoms with Crippen molar-refractivity contribution in [1.82, 2.24) is 0 Å². The molecule has 0 fully saturated rings. The number of benzene rings is 3.